The molecule has 1 rings (SSSR count). The molecule has 0 fully saturated rings. The van der Waals surface area contributed by atoms with Crippen LogP contribution < -0.4 is 28.5 Å². The predicted octanol–water partition coefficient (Wildman–Crippen LogP) is -2.36. The van der Waals surface area contributed by atoms with Crippen molar-refractivity contribution in [3.8, 4) is 0 Å². The zero-order valence-corrected chi connectivity index (χ0v) is 12.9. The Morgan fingerprint density at radius 3 is 2.65 bits per heavy atom. The molecular weight excluding hydrogens is 333 g/mol. The monoisotopic (exact) mass is 353 g/mol. The number of halogens is 1. The van der Waals surface area contributed by atoms with Gasteiger partial charge in [0, 0.05) is 13.6 Å². The van der Waals surface area contributed by atoms with Gasteiger partial charge in [-0.3, -0.25) is 0 Å². The third-order valence-electron chi connectivity index (χ3n) is 2.19. The molecule has 0 aliphatic heterocycles. The number of nitrogens with zero attached hydrogens (tertiary/aromatic N) is 3. The van der Waals surface area contributed by atoms with Gasteiger partial charge in [-0.1, -0.05) is 0 Å². The molecule has 6 heteroatoms. The maximum atomic E-state index is 11.9. The number of imidazole rings is 1. The average molecular weight is 353 g/mol. The molecule has 5 nitrogen and oxygen atoms in total. The molecule has 0 aromatic carbocycles. The highest BCUT2D eigenvalue weighted by molar-refractivity contribution is 5.76. The second kappa shape index (κ2) is 7.65. The minimum Gasteiger partial charge on any atom is -1.00 e. The van der Waals surface area contributed by atoms with Crippen molar-refractivity contribution in [2.75, 3.05) is 20.2 Å². The number of amides is 1. The lowest BCUT2D eigenvalue weighted by molar-refractivity contribution is -0.670. The van der Waals surface area contributed by atoms with Gasteiger partial charge in [-0.2, -0.15) is 4.57 Å². The number of hydrogen-bond donors (Lipinski definition) is 0. The van der Waals surface area contributed by atoms with E-state index in [4.69, 9.17) is 4.74 Å². The summed E-state index contributed by atoms with van der Waals surface area (Å²) in [6.45, 7) is 5.12. The quantitative estimate of drug-likeness (QED) is 0.449. The molecular formula is C11H20IN3O2. The van der Waals surface area contributed by atoms with E-state index in [2.05, 4.69) is 0 Å². The van der Waals surface area contributed by atoms with Gasteiger partial charge in [-0.15, -0.1) is 0 Å². The molecule has 98 valence electrons. The standard InChI is InChI=1S/C11H20N3O2.HI/c1-10(2)16-8-7-13(4)11(15)14-6-5-12(3)9-14;/h5-6,9-10H,7-8H2,1-4H3;1H/q+1;/p-1. The Bertz CT molecular complexity index is 352. The van der Waals surface area contributed by atoms with E-state index in [1.165, 1.54) is 0 Å². The smallest absolute Gasteiger partial charge is 0.415 e. The van der Waals surface area contributed by atoms with E-state index in [1.807, 2.05) is 31.7 Å². The van der Waals surface area contributed by atoms with E-state index in [-0.39, 0.29) is 36.1 Å². The van der Waals surface area contributed by atoms with Crippen LogP contribution in [-0.4, -0.2) is 41.8 Å². The Morgan fingerprint density at radius 1 is 1.53 bits per heavy atom. The zero-order chi connectivity index (χ0) is 12.1. The maximum Gasteiger partial charge on any atom is 0.415 e. The van der Waals surface area contributed by atoms with Gasteiger partial charge < -0.3 is 33.6 Å². The first kappa shape index (κ1) is 16.4. The topological polar surface area (TPSA) is 38.4 Å². The summed E-state index contributed by atoms with van der Waals surface area (Å²) in [4.78, 5) is 13.5. The lowest BCUT2D eigenvalue weighted by atomic mass is 10.5. The molecule has 0 radical (unpaired) electrons. The minimum absolute atomic E-state index is 0. The van der Waals surface area contributed by atoms with Crippen molar-refractivity contribution in [1.82, 2.24) is 9.47 Å². The van der Waals surface area contributed by atoms with Crippen LogP contribution in [0.5, 0.6) is 0 Å². The van der Waals surface area contributed by atoms with E-state index in [1.54, 1.807) is 29.0 Å². The van der Waals surface area contributed by atoms with Gasteiger partial charge in [0.05, 0.1) is 19.8 Å². The van der Waals surface area contributed by atoms with E-state index in [0.717, 1.165) is 0 Å². The highest BCUT2D eigenvalue weighted by Gasteiger charge is 2.16. The molecule has 0 atom stereocenters. The Balaban J connectivity index is 0.00000256. The van der Waals surface area contributed by atoms with Gasteiger partial charge in [-0.25, -0.2) is 9.36 Å². The summed E-state index contributed by atoms with van der Waals surface area (Å²) in [7, 11) is 3.65. The van der Waals surface area contributed by atoms with Crippen LogP contribution in [0.15, 0.2) is 18.7 Å². The third kappa shape index (κ3) is 5.49. The summed E-state index contributed by atoms with van der Waals surface area (Å²) in [5.41, 5.74) is 0. The normalized spacial score (nSPS) is 10.2. The first-order valence-electron chi connectivity index (χ1n) is 5.41. The number of carbonyl (C=O) groups excluding carboxylic acids is 1. The molecule has 0 saturated heterocycles. The first-order chi connectivity index (χ1) is 7.50. The van der Waals surface area contributed by atoms with Crippen molar-refractivity contribution < 1.29 is 38.1 Å². The molecule has 0 saturated carbocycles. The van der Waals surface area contributed by atoms with Gasteiger partial charge in [0.1, 0.15) is 12.4 Å². The van der Waals surface area contributed by atoms with Crippen molar-refractivity contribution >= 4 is 6.03 Å². The van der Waals surface area contributed by atoms with Crippen LogP contribution in [0.2, 0.25) is 0 Å². The fourth-order valence-electron chi connectivity index (χ4n) is 1.28. The molecule has 0 N–H and O–H groups in total. The summed E-state index contributed by atoms with van der Waals surface area (Å²) in [6, 6.07) is -0.0482. The maximum absolute atomic E-state index is 11.9. The number of aromatic nitrogens is 2. The van der Waals surface area contributed by atoms with Crippen LogP contribution >= 0.6 is 0 Å². The summed E-state index contributed by atoms with van der Waals surface area (Å²) in [6.07, 6.45) is 5.51. The SMILES string of the molecule is CC(C)OCCN(C)C(=O)n1cc[n+](C)c1.[I-]. The van der Waals surface area contributed by atoms with Crippen molar-refractivity contribution in [2.45, 2.75) is 20.0 Å². The fraction of sp³-hybridized carbons (Fsp3) is 0.636. The molecule has 0 bridgehead atoms. The van der Waals surface area contributed by atoms with Crippen LogP contribution in [0.1, 0.15) is 13.8 Å². The van der Waals surface area contributed by atoms with E-state index in [9.17, 15) is 4.79 Å². The Kier molecular flexibility index (Phi) is 7.37. The van der Waals surface area contributed by atoms with Gasteiger partial charge >= 0.3 is 6.03 Å². The summed E-state index contributed by atoms with van der Waals surface area (Å²) in [5.74, 6) is 0. The molecule has 1 aromatic heterocycles. The van der Waals surface area contributed by atoms with Crippen molar-refractivity contribution in [1.29, 1.82) is 0 Å². The second-order valence-electron chi connectivity index (χ2n) is 4.11. The molecule has 0 aliphatic rings. The van der Waals surface area contributed by atoms with Gasteiger partial charge in [-0.05, 0) is 13.8 Å². The lowest BCUT2D eigenvalue weighted by Crippen LogP contribution is -3.00. The number of ether oxygens (including phenoxy) is 1. The minimum atomic E-state index is -0.0482. The van der Waals surface area contributed by atoms with Crippen LogP contribution in [0, 0.1) is 0 Å². The summed E-state index contributed by atoms with van der Waals surface area (Å²) in [5, 5.41) is 0. The average Bonchev–Trinajstić information content (AvgIpc) is 2.63. The van der Waals surface area contributed by atoms with Crippen LogP contribution in [-0.2, 0) is 11.8 Å². The molecule has 1 heterocycles. The van der Waals surface area contributed by atoms with Crippen LogP contribution in [0.25, 0.3) is 0 Å². The third-order valence-corrected chi connectivity index (χ3v) is 2.19. The molecule has 0 unspecified atom stereocenters. The molecule has 0 spiro atoms. The van der Waals surface area contributed by atoms with E-state index < -0.39 is 0 Å². The van der Waals surface area contributed by atoms with E-state index >= 15 is 0 Å². The zero-order valence-electron chi connectivity index (χ0n) is 10.8. The molecule has 1 aromatic rings. The number of likely N-dealkylation sites (N-methyl/N-ethyl adjacent to an activating group) is 1. The number of aryl methyl sites for hydroxylation is 1. The Labute approximate surface area is 119 Å². The van der Waals surface area contributed by atoms with Crippen molar-refractivity contribution in [2.24, 2.45) is 7.05 Å². The van der Waals surface area contributed by atoms with Gasteiger partial charge in [0.25, 0.3) is 6.33 Å². The highest BCUT2D eigenvalue weighted by Crippen LogP contribution is 1.94. The Hall–Kier alpha value is -0.630. The largest absolute Gasteiger partial charge is 1.00 e. The van der Waals surface area contributed by atoms with E-state index in [0.29, 0.717) is 13.2 Å². The van der Waals surface area contributed by atoms with Crippen LogP contribution in [0.3, 0.4) is 0 Å². The number of carbonyl (C=O) groups is 1. The predicted molar refractivity (Wildman–Crippen MR) is 60.1 cm³/mol. The van der Waals surface area contributed by atoms with Crippen molar-refractivity contribution in [3.63, 3.8) is 0 Å². The highest BCUT2D eigenvalue weighted by atomic mass is 127. The lowest BCUT2D eigenvalue weighted by Gasteiger charge is -2.15. The van der Waals surface area contributed by atoms with Gasteiger partial charge in [0.15, 0.2) is 0 Å². The summed E-state index contributed by atoms with van der Waals surface area (Å²) < 4.78 is 8.78. The molecule has 17 heavy (non-hydrogen) atoms. The number of rotatable bonds is 4. The second-order valence-corrected chi connectivity index (χ2v) is 4.11. The summed E-state index contributed by atoms with van der Waals surface area (Å²) >= 11 is 0. The van der Waals surface area contributed by atoms with Crippen molar-refractivity contribution in [3.05, 3.63) is 18.7 Å². The molecule has 0 aliphatic carbocycles. The first-order valence-corrected chi connectivity index (χ1v) is 5.41. The Morgan fingerprint density at radius 2 is 2.18 bits per heavy atom. The fourth-order valence-corrected chi connectivity index (χ4v) is 1.28. The van der Waals surface area contributed by atoms with Gasteiger partial charge in [0.2, 0.25) is 0 Å². The number of hydrogen-bond acceptors (Lipinski definition) is 2. The molecule has 1 amide bonds. The van der Waals surface area contributed by atoms with Crippen LogP contribution in [0.4, 0.5) is 4.79 Å².